The number of benzene rings is 1. The van der Waals surface area contributed by atoms with Crippen LogP contribution in [0.2, 0.25) is 0 Å². The Hall–Kier alpha value is -1.83. The topological polar surface area (TPSA) is 77.8 Å². The first kappa shape index (κ1) is 16.5. The fraction of sp³-hybridized carbons (Fsp3) is 0.333. The molecule has 0 aliphatic heterocycles. The summed E-state index contributed by atoms with van der Waals surface area (Å²) >= 11 is 0. The number of hydrogen-bond acceptors (Lipinski definition) is 5. The summed E-state index contributed by atoms with van der Waals surface area (Å²) in [5, 5.41) is 0. The standard InChI is InChI=1S/C15H19NO5S/c1-3-20-12-6-8-13(9-7-12)22(17,18)16-11-15(19-2)14-5-4-10-21-14/h4-10,15-16H,3,11H2,1-2H3. The Balaban J connectivity index is 2.04. The Morgan fingerprint density at radius 2 is 1.95 bits per heavy atom. The number of nitrogens with one attached hydrogen (secondary N) is 1. The summed E-state index contributed by atoms with van der Waals surface area (Å²) in [6.07, 6.45) is 1.04. The van der Waals surface area contributed by atoms with Crippen LogP contribution in [-0.4, -0.2) is 28.7 Å². The van der Waals surface area contributed by atoms with E-state index in [1.165, 1.54) is 25.5 Å². The van der Waals surface area contributed by atoms with E-state index in [1.807, 2.05) is 6.92 Å². The molecule has 0 radical (unpaired) electrons. The normalized spacial score (nSPS) is 13.0. The number of rotatable bonds is 8. The highest BCUT2D eigenvalue weighted by atomic mass is 32.2. The average molecular weight is 325 g/mol. The Bertz CT molecular complexity index is 664. The van der Waals surface area contributed by atoms with Crippen molar-refractivity contribution in [1.29, 1.82) is 0 Å². The lowest BCUT2D eigenvalue weighted by molar-refractivity contribution is 0.0878. The summed E-state index contributed by atoms with van der Waals surface area (Å²) in [4.78, 5) is 0.172. The highest BCUT2D eigenvalue weighted by molar-refractivity contribution is 7.89. The molecule has 1 N–H and O–H groups in total. The van der Waals surface area contributed by atoms with Crippen molar-refractivity contribution >= 4 is 10.0 Å². The molecule has 0 aliphatic rings. The number of furan rings is 1. The molecule has 7 heteroatoms. The van der Waals surface area contributed by atoms with Crippen LogP contribution in [0.4, 0.5) is 0 Å². The van der Waals surface area contributed by atoms with E-state index in [0.717, 1.165) is 0 Å². The van der Waals surface area contributed by atoms with Gasteiger partial charge in [-0.3, -0.25) is 0 Å². The molecule has 0 aliphatic carbocycles. The summed E-state index contributed by atoms with van der Waals surface area (Å²) in [5.74, 6) is 1.20. The van der Waals surface area contributed by atoms with Crippen LogP contribution in [0.3, 0.4) is 0 Å². The largest absolute Gasteiger partial charge is 0.494 e. The molecule has 2 aromatic rings. The Morgan fingerprint density at radius 3 is 2.50 bits per heavy atom. The van der Waals surface area contributed by atoms with E-state index >= 15 is 0 Å². The van der Waals surface area contributed by atoms with Gasteiger partial charge in [-0.25, -0.2) is 13.1 Å². The van der Waals surface area contributed by atoms with Crippen molar-refractivity contribution in [2.24, 2.45) is 0 Å². The van der Waals surface area contributed by atoms with Crippen molar-refractivity contribution in [1.82, 2.24) is 4.72 Å². The van der Waals surface area contributed by atoms with Gasteiger partial charge in [0, 0.05) is 13.7 Å². The lowest BCUT2D eigenvalue weighted by Gasteiger charge is -2.14. The molecule has 1 unspecified atom stereocenters. The quantitative estimate of drug-likeness (QED) is 0.806. The molecule has 0 amide bonds. The molecule has 0 saturated heterocycles. The second-order valence-electron chi connectivity index (χ2n) is 4.50. The summed E-state index contributed by atoms with van der Waals surface area (Å²) in [5.41, 5.74) is 0. The maximum absolute atomic E-state index is 12.3. The molecule has 2 rings (SSSR count). The molecule has 22 heavy (non-hydrogen) atoms. The molecule has 0 spiro atoms. The van der Waals surface area contributed by atoms with Crippen molar-refractivity contribution in [3.63, 3.8) is 0 Å². The molecule has 0 bridgehead atoms. The SMILES string of the molecule is CCOc1ccc(S(=O)(=O)NCC(OC)c2ccco2)cc1. The smallest absolute Gasteiger partial charge is 0.240 e. The van der Waals surface area contributed by atoms with E-state index in [-0.39, 0.29) is 11.4 Å². The van der Waals surface area contributed by atoms with Crippen LogP contribution >= 0.6 is 0 Å². The first-order valence-corrected chi connectivity index (χ1v) is 8.34. The zero-order valence-corrected chi connectivity index (χ0v) is 13.3. The van der Waals surface area contributed by atoms with Crippen molar-refractivity contribution in [3.05, 3.63) is 48.4 Å². The van der Waals surface area contributed by atoms with E-state index in [9.17, 15) is 8.42 Å². The molecule has 0 saturated carbocycles. The zero-order valence-electron chi connectivity index (χ0n) is 12.5. The molecule has 6 nitrogen and oxygen atoms in total. The molecular weight excluding hydrogens is 306 g/mol. The first-order valence-electron chi connectivity index (χ1n) is 6.85. The first-order chi connectivity index (χ1) is 10.6. The summed E-state index contributed by atoms with van der Waals surface area (Å²) in [7, 11) is -2.12. The van der Waals surface area contributed by atoms with Crippen LogP contribution in [0.5, 0.6) is 5.75 Å². The van der Waals surface area contributed by atoms with Gasteiger partial charge in [0.15, 0.2) is 0 Å². The Labute approximate surface area is 130 Å². The van der Waals surface area contributed by atoms with E-state index in [1.54, 1.807) is 24.3 Å². The van der Waals surface area contributed by atoms with Crippen molar-refractivity contribution in [3.8, 4) is 5.75 Å². The van der Waals surface area contributed by atoms with E-state index < -0.39 is 16.1 Å². The van der Waals surface area contributed by atoms with Crippen molar-refractivity contribution < 1.29 is 22.3 Å². The van der Waals surface area contributed by atoms with Crippen LogP contribution in [0.15, 0.2) is 52.0 Å². The number of methoxy groups -OCH3 is 1. The van der Waals surface area contributed by atoms with Gasteiger partial charge >= 0.3 is 0 Å². The van der Waals surface area contributed by atoms with Crippen molar-refractivity contribution in [2.75, 3.05) is 20.3 Å². The van der Waals surface area contributed by atoms with Crippen LogP contribution < -0.4 is 9.46 Å². The molecule has 1 atom stereocenters. The van der Waals surface area contributed by atoms with Crippen LogP contribution in [0.1, 0.15) is 18.8 Å². The third-order valence-electron chi connectivity index (χ3n) is 3.05. The van der Waals surface area contributed by atoms with Gasteiger partial charge in [-0.1, -0.05) is 0 Å². The monoisotopic (exact) mass is 325 g/mol. The van der Waals surface area contributed by atoms with Crippen LogP contribution in [0.25, 0.3) is 0 Å². The minimum Gasteiger partial charge on any atom is -0.494 e. The zero-order chi connectivity index (χ0) is 16.0. The summed E-state index contributed by atoms with van der Waals surface area (Å²) < 4.78 is 42.8. The second kappa shape index (κ2) is 7.44. The van der Waals surface area contributed by atoms with Crippen molar-refractivity contribution in [2.45, 2.75) is 17.9 Å². The van der Waals surface area contributed by atoms with Gasteiger partial charge in [-0.05, 0) is 43.3 Å². The maximum Gasteiger partial charge on any atom is 0.240 e. The minimum atomic E-state index is -3.62. The van der Waals surface area contributed by atoms with Gasteiger partial charge in [-0.2, -0.15) is 0 Å². The average Bonchev–Trinajstić information content (AvgIpc) is 3.03. The highest BCUT2D eigenvalue weighted by Gasteiger charge is 2.19. The second-order valence-corrected chi connectivity index (χ2v) is 6.26. The highest BCUT2D eigenvalue weighted by Crippen LogP contribution is 2.19. The predicted octanol–water partition coefficient (Wildman–Crippen LogP) is 2.34. The number of ether oxygens (including phenoxy) is 2. The summed E-state index contributed by atoms with van der Waals surface area (Å²) in [6.45, 7) is 2.48. The van der Waals surface area contributed by atoms with Gasteiger partial charge < -0.3 is 13.9 Å². The van der Waals surface area contributed by atoms with Gasteiger partial charge in [0.2, 0.25) is 10.0 Å². The molecule has 120 valence electrons. The molecule has 1 aromatic carbocycles. The molecule has 0 fully saturated rings. The number of sulfonamides is 1. The molecule has 1 heterocycles. The van der Waals surface area contributed by atoms with E-state index in [2.05, 4.69) is 4.72 Å². The van der Waals surface area contributed by atoms with Gasteiger partial charge in [0.25, 0.3) is 0 Å². The van der Waals surface area contributed by atoms with Crippen LogP contribution in [0, 0.1) is 0 Å². The third-order valence-corrected chi connectivity index (χ3v) is 4.49. The fourth-order valence-electron chi connectivity index (χ4n) is 1.92. The Morgan fingerprint density at radius 1 is 1.23 bits per heavy atom. The van der Waals surface area contributed by atoms with Gasteiger partial charge in [-0.15, -0.1) is 0 Å². The number of hydrogen-bond donors (Lipinski definition) is 1. The Kier molecular flexibility index (Phi) is 5.59. The molecular formula is C15H19NO5S. The maximum atomic E-state index is 12.3. The van der Waals surface area contributed by atoms with Gasteiger partial charge in [0.05, 0.1) is 17.8 Å². The lowest BCUT2D eigenvalue weighted by atomic mass is 10.3. The van der Waals surface area contributed by atoms with E-state index in [0.29, 0.717) is 18.1 Å². The lowest BCUT2D eigenvalue weighted by Crippen LogP contribution is -2.29. The van der Waals surface area contributed by atoms with Gasteiger partial charge in [0.1, 0.15) is 17.6 Å². The van der Waals surface area contributed by atoms with Crippen LogP contribution in [-0.2, 0) is 14.8 Å². The predicted molar refractivity (Wildman–Crippen MR) is 81.3 cm³/mol. The third kappa shape index (κ3) is 4.09. The minimum absolute atomic E-state index is 0.0829. The molecule has 1 aromatic heterocycles. The summed E-state index contributed by atoms with van der Waals surface area (Å²) in [6, 6.07) is 9.71. The fourth-order valence-corrected chi connectivity index (χ4v) is 2.96. The van der Waals surface area contributed by atoms with E-state index in [4.69, 9.17) is 13.9 Å².